The molecule has 0 aliphatic heterocycles. The van der Waals surface area contributed by atoms with Gasteiger partial charge in [0, 0.05) is 3.57 Å². The maximum Gasteiger partial charge on any atom is 0.358 e. The van der Waals surface area contributed by atoms with E-state index in [0.717, 1.165) is 3.57 Å². The van der Waals surface area contributed by atoms with Crippen LogP contribution in [-0.2, 0) is 16.1 Å². The number of carbonyl (C=O) groups excluding carboxylic acids is 2. The van der Waals surface area contributed by atoms with Crippen LogP contribution >= 0.6 is 22.6 Å². The SMILES string of the molecule is COC(=O)c1cnnn1CC(=O)Nc1ccccc1I. The van der Waals surface area contributed by atoms with E-state index in [9.17, 15) is 9.59 Å². The molecule has 0 radical (unpaired) electrons. The van der Waals surface area contributed by atoms with Crippen LogP contribution in [0.4, 0.5) is 5.69 Å². The van der Waals surface area contributed by atoms with Crippen molar-refractivity contribution in [2.24, 2.45) is 0 Å². The van der Waals surface area contributed by atoms with Crippen LogP contribution in [-0.4, -0.2) is 34.0 Å². The minimum Gasteiger partial charge on any atom is -0.464 e. The van der Waals surface area contributed by atoms with E-state index >= 15 is 0 Å². The fraction of sp³-hybridized carbons (Fsp3) is 0.167. The van der Waals surface area contributed by atoms with E-state index < -0.39 is 5.97 Å². The molecule has 0 unspecified atom stereocenters. The summed E-state index contributed by atoms with van der Waals surface area (Å²) in [5.41, 5.74) is 0.836. The van der Waals surface area contributed by atoms with Crippen LogP contribution in [0.5, 0.6) is 0 Å². The van der Waals surface area contributed by atoms with Crippen molar-refractivity contribution in [1.82, 2.24) is 15.0 Å². The van der Waals surface area contributed by atoms with Gasteiger partial charge in [-0.25, -0.2) is 9.48 Å². The lowest BCUT2D eigenvalue weighted by atomic mass is 10.3. The zero-order valence-electron chi connectivity index (χ0n) is 10.5. The van der Waals surface area contributed by atoms with Gasteiger partial charge < -0.3 is 10.1 Å². The van der Waals surface area contributed by atoms with Crippen LogP contribution in [0, 0.1) is 3.57 Å². The number of hydrogen-bond acceptors (Lipinski definition) is 5. The van der Waals surface area contributed by atoms with E-state index in [1.807, 2.05) is 18.2 Å². The van der Waals surface area contributed by atoms with Crippen molar-refractivity contribution in [3.63, 3.8) is 0 Å². The zero-order valence-corrected chi connectivity index (χ0v) is 12.7. The Balaban J connectivity index is 2.08. The number of nitrogens with one attached hydrogen (secondary N) is 1. The molecule has 1 amide bonds. The summed E-state index contributed by atoms with van der Waals surface area (Å²) in [4.78, 5) is 23.4. The molecule has 2 aromatic rings. The molecule has 0 bridgehead atoms. The number of halogens is 1. The zero-order chi connectivity index (χ0) is 14.5. The first-order valence-electron chi connectivity index (χ1n) is 5.63. The number of ether oxygens (including phenoxy) is 1. The highest BCUT2D eigenvalue weighted by molar-refractivity contribution is 14.1. The summed E-state index contributed by atoms with van der Waals surface area (Å²) in [7, 11) is 1.26. The van der Waals surface area contributed by atoms with Gasteiger partial charge in [-0.1, -0.05) is 17.3 Å². The number of para-hydroxylation sites is 1. The van der Waals surface area contributed by atoms with E-state index in [1.54, 1.807) is 6.07 Å². The van der Waals surface area contributed by atoms with Gasteiger partial charge in [-0.05, 0) is 34.7 Å². The third kappa shape index (κ3) is 3.32. The molecule has 20 heavy (non-hydrogen) atoms. The Kier molecular flexibility index (Phi) is 4.66. The normalized spacial score (nSPS) is 10.1. The largest absolute Gasteiger partial charge is 0.464 e. The second kappa shape index (κ2) is 6.46. The molecule has 0 aliphatic carbocycles. The smallest absolute Gasteiger partial charge is 0.358 e. The van der Waals surface area contributed by atoms with Crippen LogP contribution in [0.25, 0.3) is 0 Å². The third-order valence-corrected chi connectivity index (χ3v) is 3.39. The quantitative estimate of drug-likeness (QED) is 0.633. The summed E-state index contributed by atoms with van der Waals surface area (Å²) in [6.07, 6.45) is 1.26. The summed E-state index contributed by atoms with van der Waals surface area (Å²) < 4.78 is 6.69. The molecule has 7 nitrogen and oxygen atoms in total. The Bertz CT molecular complexity index is 641. The molecule has 0 spiro atoms. The van der Waals surface area contributed by atoms with E-state index in [1.165, 1.54) is 18.0 Å². The standard InChI is InChI=1S/C12H11IN4O3/c1-20-12(19)10-6-14-16-17(10)7-11(18)15-9-5-3-2-4-8(9)13/h2-6H,7H2,1H3,(H,15,18). The number of esters is 1. The first-order valence-corrected chi connectivity index (χ1v) is 6.71. The highest BCUT2D eigenvalue weighted by Crippen LogP contribution is 2.16. The molecule has 8 heteroatoms. The van der Waals surface area contributed by atoms with Crippen molar-refractivity contribution in [1.29, 1.82) is 0 Å². The van der Waals surface area contributed by atoms with Crippen molar-refractivity contribution in [2.75, 3.05) is 12.4 Å². The first-order chi connectivity index (χ1) is 9.61. The van der Waals surface area contributed by atoms with Crippen LogP contribution in [0.3, 0.4) is 0 Å². The van der Waals surface area contributed by atoms with Crippen molar-refractivity contribution >= 4 is 40.2 Å². The summed E-state index contributed by atoms with van der Waals surface area (Å²) in [5, 5.41) is 10.0. The lowest BCUT2D eigenvalue weighted by molar-refractivity contribution is -0.116. The van der Waals surface area contributed by atoms with Crippen LogP contribution < -0.4 is 5.32 Å². The average molecular weight is 386 g/mol. The van der Waals surface area contributed by atoms with Gasteiger partial charge in [0.2, 0.25) is 5.91 Å². The second-order valence-corrected chi connectivity index (χ2v) is 4.96. The molecular formula is C12H11IN4O3. The summed E-state index contributed by atoms with van der Waals surface area (Å²) in [6.45, 7) is -0.116. The predicted molar refractivity (Wildman–Crippen MR) is 79.2 cm³/mol. The molecule has 1 heterocycles. The highest BCUT2D eigenvalue weighted by Gasteiger charge is 2.16. The molecule has 1 N–H and O–H groups in total. The highest BCUT2D eigenvalue weighted by atomic mass is 127. The maximum atomic E-state index is 11.9. The Morgan fingerprint density at radius 3 is 2.85 bits per heavy atom. The minimum atomic E-state index is -0.586. The molecule has 0 saturated heterocycles. The second-order valence-electron chi connectivity index (χ2n) is 3.80. The molecule has 0 atom stereocenters. The van der Waals surface area contributed by atoms with Crippen molar-refractivity contribution < 1.29 is 14.3 Å². The Hall–Kier alpha value is -1.97. The molecule has 0 aliphatic rings. The lowest BCUT2D eigenvalue weighted by Crippen LogP contribution is -2.23. The van der Waals surface area contributed by atoms with Gasteiger partial charge in [-0.15, -0.1) is 5.10 Å². The predicted octanol–water partition coefficient (Wildman–Crippen LogP) is 1.31. The summed E-state index contributed by atoms with van der Waals surface area (Å²) >= 11 is 2.12. The van der Waals surface area contributed by atoms with Gasteiger partial charge in [-0.3, -0.25) is 4.79 Å². The molecule has 2 rings (SSSR count). The van der Waals surface area contributed by atoms with Gasteiger partial charge in [0.25, 0.3) is 0 Å². The number of aromatic nitrogens is 3. The monoisotopic (exact) mass is 386 g/mol. The van der Waals surface area contributed by atoms with Gasteiger partial charge in [0.15, 0.2) is 5.69 Å². The van der Waals surface area contributed by atoms with Gasteiger partial charge in [0.05, 0.1) is 19.0 Å². The Morgan fingerprint density at radius 2 is 2.15 bits per heavy atom. The topological polar surface area (TPSA) is 86.1 Å². The van der Waals surface area contributed by atoms with E-state index in [4.69, 9.17) is 0 Å². The third-order valence-electron chi connectivity index (χ3n) is 2.45. The number of hydrogen-bond donors (Lipinski definition) is 1. The Morgan fingerprint density at radius 1 is 1.40 bits per heavy atom. The lowest BCUT2D eigenvalue weighted by Gasteiger charge is -2.08. The molecule has 0 fully saturated rings. The van der Waals surface area contributed by atoms with E-state index in [-0.39, 0.29) is 18.1 Å². The van der Waals surface area contributed by atoms with Gasteiger partial charge in [-0.2, -0.15) is 0 Å². The van der Waals surface area contributed by atoms with Crippen LogP contribution in [0.2, 0.25) is 0 Å². The summed E-state index contributed by atoms with van der Waals surface area (Å²) in [6, 6.07) is 7.38. The number of anilines is 1. The molecule has 104 valence electrons. The average Bonchev–Trinajstić information content (AvgIpc) is 2.88. The number of benzene rings is 1. The summed E-state index contributed by atoms with van der Waals surface area (Å²) in [5.74, 6) is -0.887. The number of nitrogens with zero attached hydrogens (tertiary/aromatic N) is 3. The Labute approximate surface area is 128 Å². The van der Waals surface area contributed by atoms with Crippen LogP contribution in [0.15, 0.2) is 30.5 Å². The minimum absolute atomic E-state index is 0.116. The molecule has 0 saturated carbocycles. The van der Waals surface area contributed by atoms with Gasteiger partial charge in [0.1, 0.15) is 6.54 Å². The molecular weight excluding hydrogens is 375 g/mol. The number of carbonyl (C=O) groups is 2. The number of amides is 1. The van der Waals surface area contributed by atoms with Crippen molar-refractivity contribution in [3.8, 4) is 0 Å². The molecule has 1 aromatic carbocycles. The fourth-order valence-corrected chi connectivity index (χ4v) is 2.05. The number of rotatable bonds is 4. The fourth-order valence-electron chi connectivity index (χ4n) is 1.53. The first kappa shape index (κ1) is 14.4. The number of methoxy groups -OCH3 is 1. The van der Waals surface area contributed by atoms with Crippen molar-refractivity contribution in [3.05, 3.63) is 39.7 Å². The van der Waals surface area contributed by atoms with Gasteiger partial charge >= 0.3 is 5.97 Å². The van der Waals surface area contributed by atoms with Crippen LogP contribution in [0.1, 0.15) is 10.5 Å². The van der Waals surface area contributed by atoms with E-state index in [0.29, 0.717) is 5.69 Å². The maximum absolute atomic E-state index is 11.9. The van der Waals surface area contributed by atoms with Crippen molar-refractivity contribution in [2.45, 2.75) is 6.54 Å². The van der Waals surface area contributed by atoms with E-state index in [2.05, 4.69) is 43.0 Å². The molecule has 1 aromatic heterocycles.